The van der Waals surface area contributed by atoms with Crippen LogP contribution in [0.4, 0.5) is 15.3 Å². The number of aromatic nitrogens is 1. The first-order chi connectivity index (χ1) is 24.0. The zero-order valence-corrected chi connectivity index (χ0v) is 27.6. The summed E-state index contributed by atoms with van der Waals surface area (Å²) in [7, 11) is 1.28. The summed E-state index contributed by atoms with van der Waals surface area (Å²) in [6.07, 6.45) is 2.69. The van der Waals surface area contributed by atoms with Crippen molar-refractivity contribution in [3.63, 3.8) is 0 Å². The summed E-state index contributed by atoms with van der Waals surface area (Å²) in [6, 6.07) is 36.4. The third kappa shape index (κ3) is 8.06. The van der Waals surface area contributed by atoms with Crippen molar-refractivity contribution in [3.05, 3.63) is 132 Å². The molecule has 1 aliphatic heterocycles. The topological polar surface area (TPSA) is 101 Å². The lowest BCUT2D eigenvalue weighted by molar-refractivity contribution is 0.0868. The highest BCUT2D eigenvalue weighted by molar-refractivity contribution is 6.10. The van der Waals surface area contributed by atoms with Crippen molar-refractivity contribution >= 4 is 34.7 Å². The minimum atomic E-state index is -0.720. The van der Waals surface area contributed by atoms with E-state index in [-0.39, 0.29) is 12.0 Å². The summed E-state index contributed by atoms with van der Waals surface area (Å²) in [5.74, 6) is -0.263. The number of nitrogens with zero attached hydrogens (tertiary/aromatic N) is 3. The summed E-state index contributed by atoms with van der Waals surface area (Å²) < 4.78 is 10.6. The van der Waals surface area contributed by atoms with Crippen LogP contribution < -0.4 is 10.4 Å². The van der Waals surface area contributed by atoms with Gasteiger partial charge in [0.05, 0.1) is 36.2 Å². The van der Waals surface area contributed by atoms with Crippen molar-refractivity contribution in [1.82, 2.24) is 15.3 Å². The SMILES string of the molecule is COC(=O)N(NC(=O)c1c(CC2CCN(C(=O)OCCCc3ccccc3)CC2)c(-c2ccccc2)nc2ccccc12)c1ccccc1. The Morgan fingerprint density at radius 1 is 0.837 bits per heavy atom. The molecule has 5 aromatic rings. The van der Waals surface area contributed by atoms with Crippen LogP contribution in [0.2, 0.25) is 0 Å². The number of anilines is 1. The Morgan fingerprint density at radius 3 is 2.16 bits per heavy atom. The maximum atomic E-state index is 14.4. The lowest BCUT2D eigenvalue weighted by Gasteiger charge is -2.32. The van der Waals surface area contributed by atoms with Crippen LogP contribution in [-0.4, -0.2) is 54.8 Å². The number of rotatable bonds is 9. The van der Waals surface area contributed by atoms with Crippen molar-refractivity contribution in [3.8, 4) is 11.3 Å². The van der Waals surface area contributed by atoms with E-state index >= 15 is 0 Å². The minimum absolute atomic E-state index is 0.185. The van der Waals surface area contributed by atoms with Crippen LogP contribution in [0.1, 0.15) is 40.7 Å². The van der Waals surface area contributed by atoms with Gasteiger partial charge < -0.3 is 14.4 Å². The van der Waals surface area contributed by atoms with Crippen molar-refractivity contribution < 1.29 is 23.9 Å². The first-order valence-corrected chi connectivity index (χ1v) is 16.7. The molecule has 2 heterocycles. The molecule has 0 aliphatic carbocycles. The van der Waals surface area contributed by atoms with Gasteiger partial charge in [-0.05, 0) is 67.3 Å². The normalized spacial score (nSPS) is 13.1. The Kier molecular flexibility index (Phi) is 10.8. The first kappa shape index (κ1) is 33.2. The fourth-order valence-corrected chi connectivity index (χ4v) is 6.37. The smallest absolute Gasteiger partial charge is 0.433 e. The van der Waals surface area contributed by atoms with Gasteiger partial charge in [0.1, 0.15) is 0 Å². The molecule has 1 saturated heterocycles. The average Bonchev–Trinajstić information content (AvgIpc) is 3.16. The van der Waals surface area contributed by atoms with Gasteiger partial charge in [0.2, 0.25) is 0 Å². The van der Waals surface area contributed by atoms with E-state index in [0.717, 1.165) is 41.8 Å². The molecule has 1 aromatic heterocycles. The Labute approximate surface area is 286 Å². The van der Waals surface area contributed by atoms with Gasteiger partial charge in [-0.25, -0.2) is 14.6 Å². The quantitative estimate of drug-likeness (QED) is 0.128. The summed E-state index contributed by atoms with van der Waals surface area (Å²) in [4.78, 5) is 47.1. The highest BCUT2D eigenvalue weighted by atomic mass is 16.6. The third-order valence-electron chi connectivity index (χ3n) is 8.90. The number of carbonyl (C=O) groups is 3. The van der Waals surface area contributed by atoms with E-state index in [4.69, 9.17) is 14.5 Å². The van der Waals surface area contributed by atoms with E-state index in [1.165, 1.54) is 12.7 Å². The molecule has 0 unspecified atom stereocenters. The molecule has 1 fully saturated rings. The molecule has 0 atom stereocenters. The Morgan fingerprint density at radius 2 is 1.47 bits per heavy atom. The summed E-state index contributed by atoms with van der Waals surface area (Å²) in [5.41, 5.74) is 8.04. The number of hydrazine groups is 1. The molecule has 9 nitrogen and oxygen atoms in total. The number of nitrogens with one attached hydrogen (secondary N) is 1. The number of hydrogen-bond acceptors (Lipinski definition) is 6. The number of pyridine rings is 1. The predicted octanol–water partition coefficient (Wildman–Crippen LogP) is 7.84. The van der Waals surface area contributed by atoms with Gasteiger partial charge in [-0.15, -0.1) is 0 Å². The van der Waals surface area contributed by atoms with Crippen LogP contribution in [-0.2, 0) is 22.3 Å². The van der Waals surface area contributed by atoms with Crippen molar-refractivity contribution in [2.24, 2.45) is 5.92 Å². The number of likely N-dealkylation sites (tertiary alicyclic amines) is 1. The number of amides is 3. The van der Waals surface area contributed by atoms with Crippen LogP contribution >= 0.6 is 0 Å². The molecule has 9 heteroatoms. The number of aryl methyl sites for hydroxylation is 1. The monoisotopic (exact) mass is 656 g/mol. The van der Waals surface area contributed by atoms with Gasteiger partial charge in [-0.1, -0.05) is 97.1 Å². The van der Waals surface area contributed by atoms with Gasteiger partial charge in [0.25, 0.3) is 5.91 Å². The molecule has 0 bridgehead atoms. The van der Waals surface area contributed by atoms with Crippen LogP contribution in [0.5, 0.6) is 0 Å². The number of para-hydroxylation sites is 2. The van der Waals surface area contributed by atoms with Gasteiger partial charge in [0, 0.05) is 24.0 Å². The summed E-state index contributed by atoms with van der Waals surface area (Å²) >= 11 is 0. The Balaban J connectivity index is 1.24. The molecule has 3 amide bonds. The molecule has 0 spiro atoms. The molecule has 4 aromatic carbocycles. The van der Waals surface area contributed by atoms with E-state index in [1.54, 1.807) is 29.2 Å². The fourth-order valence-electron chi connectivity index (χ4n) is 6.37. The van der Waals surface area contributed by atoms with E-state index in [2.05, 4.69) is 17.6 Å². The number of methoxy groups -OCH3 is 1. The Hall–Kier alpha value is -5.70. The van der Waals surface area contributed by atoms with Gasteiger partial charge >= 0.3 is 12.2 Å². The zero-order valence-electron chi connectivity index (χ0n) is 27.6. The van der Waals surface area contributed by atoms with Crippen LogP contribution in [0, 0.1) is 5.92 Å². The molecule has 49 heavy (non-hydrogen) atoms. The highest BCUT2D eigenvalue weighted by Crippen LogP contribution is 2.34. The van der Waals surface area contributed by atoms with Crippen molar-refractivity contribution in [2.45, 2.75) is 32.1 Å². The number of hydrogen-bond donors (Lipinski definition) is 1. The van der Waals surface area contributed by atoms with Gasteiger partial charge in [0.15, 0.2) is 0 Å². The number of ether oxygens (including phenoxy) is 2. The lowest BCUT2D eigenvalue weighted by atomic mass is 9.85. The molecule has 1 N–H and O–H groups in total. The number of carbonyl (C=O) groups excluding carboxylic acids is 3. The first-order valence-electron chi connectivity index (χ1n) is 16.7. The second-order valence-electron chi connectivity index (χ2n) is 12.1. The van der Waals surface area contributed by atoms with Crippen molar-refractivity contribution in [1.29, 1.82) is 0 Å². The second kappa shape index (κ2) is 15.9. The molecular formula is C40H40N4O5. The van der Waals surface area contributed by atoms with E-state index in [9.17, 15) is 14.4 Å². The van der Waals surface area contributed by atoms with Crippen LogP contribution in [0.3, 0.4) is 0 Å². The van der Waals surface area contributed by atoms with E-state index in [0.29, 0.717) is 54.0 Å². The number of fused-ring (bicyclic) bond motifs is 1. The minimum Gasteiger partial charge on any atom is -0.451 e. The molecule has 1 aliphatic rings. The molecule has 0 saturated carbocycles. The summed E-state index contributed by atoms with van der Waals surface area (Å²) in [6.45, 7) is 1.51. The molecule has 250 valence electrons. The molecular weight excluding hydrogens is 616 g/mol. The van der Waals surface area contributed by atoms with E-state index in [1.807, 2.05) is 78.9 Å². The van der Waals surface area contributed by atoms with E-state index < -0.39 is 12.0 Å². The fraction of sp³-hybridized carbons (Fsp3) is 0.250. The third-order valence-corrected chi connectivity index (χ3v) is 8.90. The number of benzene rings is 4. The average molecular weight is 657 g/mol. The lowest BCUT2D eigenvalue weighted by Crippen LogP contribution is -2.47. The van der Waals surface area contributed by atoms with Gasteiger partial charge in [-0.2, -0.15) is 5.01 Å². The molecule has 6 rings (SSSR count). The van der Waals surface area contributed by atoms with Crippen LogP contribution in [0.15, 0.2) is 115 Å². The predicted molar refractivity (Wildman–Crippen MR) is 190 cm³/mol. The second-order valence-corrected chi connectivity index (χ2v) is 12.1. The van der Waals surface area contributed by atoms with Gasteiger partial charge in [-0.3, -0.25) is 10.2 Å². The maximum absolute atomic E-state index is 14.4. The molecule has 0 radical (unpaired) electrons. The zero-order chi connectivity index (χ0) is 34.0. The highest BCUT2D eigenvalue weighted by Gasteiger charge is 2.30. The maximum Gasteiger partial charge on any atom is 0.433 e. The summed E-state index contributed by atoms with van der Waals surface area (Å²) in [5, 5.41) is 1.80. The Bertz CT molecular complexity index is 1880. The van der Waals surface area contributed by atoms with Crippen LogP contribution in [0.25, 0.3) is 22.2 Å². The number of piperidine rings is 1. The largest absolute Gasteiger partial charge is 0.451 e. The van der Waals surface area contributed by atoms with Crippen molar-refractivity contribution in [2.75, 3.05) is 31.8 Å². The standard InChI is InChI=1S/C40H40N4O5/c1-48-40(47)44(32-19-9-4-10-20-32)42-38(45)36-33-21-11-12-22-35(33)41-37(31-17-7-3-8-18-31)34(36)28-30-23-25-43(26-24-30)39(46)49-27-13-16-29-14-5-2-6-15-29/h2-12,14-15,17-22,30H,13,16,23-28H2,1H3,(H,42,45).